The van der Waals surface area contributed by atoms with Crippen molar-refractivity contribution in [2.45, 2.75) is 26.9 Å². The van der Waals surface area contributed by atoms with E-state index in [1.54, 1.807) is 0 Å². The summed E-state index contributed by atoms with van der Waals surface area (Å²) in [6.07, 6.45) is 2.55. The van der Waals surface area contributed by atoms with E-state index in [4.69, 9.17) is 5.11 Å². The van der Waals surface area contributed by atoms with E-state index in [1.807, 2.05) is 26.0 Å². The predicted octanol–water partition coefficient (Wildman–Crippen LogP) is 1.51. The maximum absolute atomic E-state index is 11.9. The Kier molecular flexibility index (Phi) is 4.37. The minimum absolute atomic E-state index is 0.00319. The van der Waals surface area contributed by atoms with Crippen molar-refractivity contribution in [1.29, 1.82) is 0 Å². The molecule has 1 aromatic carbocycles. The molecule has 0 unspecified atom stereocenters. The third kappa shape index (κ3) is 3.92. The van der Waals surface area contributed by atoms with Crippen LogP contribution in [0.5, 0.6) is 0 Å². The summed E-state index contributed by atoms with van der Waals surface area (Å²) < 4.78 is 1.30. The molecule has 0 atom stereocenters. The number of nitrogens with zero attached hydrogens (tertiary/aromatic N) is 2. The molecule has 0 radical (unpaired) electrons. The Hall–Kier alpha value is -2.63. The van der Waals surface area contributed by atoms with Crippen LogP contribution in [0.4, 0.5) is 0 Å². The molecule has 0 spiro atoms. The number of hydrogen-bond acceptors (Lipinski definition) is 3. The van der Waals surface area contributed by atoms with Gasteiger partial charge in [0, 0.05) is 6.54 Å². The van der Waals surface area contributed by atoms with Gasteiger partial charge in [-0.1, -0.05) is 29.3 Å². The zero-order valence-electron chi connectivity index (χ0n) is 12.0. The van der Waals surface area contributed by atoms with Crippen LogP contribution in [-0.2, 0) is 17.9 Å². The van der Waals surface area contributed by atoms with Gasteiger partial charge in [0.1, 0.15) is 12.2 Å². The van der Waals surface area contributed by atoms with E-state index in [0.29, 0.717) is 6.54 Å². The van der Waals surface area contributed by atoms with E-state index in [9.17, 15) is 9.59 Å². The third-order valence-electron chi connectivity index (χ3n) is 3.02. The molecule has 1 amide bonds. The lowest BCUT2D eigenvalue weighted by Crippen LogP contribution is -2.28. The fourth-order valence-electron chi connectivity index (χ4n) is 2.21. The molecule has 0 saturated heterocycles. The Morgan fingerprint density at radius 1 is 1.24 bits per heavy atom. The highest BCUT2D eigenvalue weighted by Gasteiger charge is 2.12. The van der Waals surface area contributed by atoms with Crippen molar-refractivity contribution in [3.8, 4) is 0 Å². The van der Waals surface area contributed by atoms with Crippen LogP contribution in [0, 0.1) is 13.8 Å². The average molecular weight is 287 g/mol. The minimum atomic E-state index is -1.10. The maximum Gasteiger partial charge on any atom is 0.354 e. The van der Waals surface area contributed by atoms with E-state index in [0.717, 1.165) is 16.7 Å². The number of carbonyl (C=O) groups is 2. The number of imidazole rings is 1. The molecule has 1 aromatic heterocycles. The topological polar surface area (TPSA) is 84.2 Å². The Balaban J connectivity index is 1.96. The van der Waals surface area contributed by atoms with Gasteiger partial charge in [-0.3, -0.25) is 4.79 Å². The smallest absolute Gasteiger partial charge is 0.354 e. The second-order valence-corrected chi connectivity index (χ2v) is 4.98. The average Bonchev–Trinajstić information content (AvgIpc) is 2.83. The summed E-state index contributed by atoms with van der Waals surface area (Å²) >= 11 is 0. The number of aromatic carboxylic acids is 1. The lowest BCUT2D eigenvalue weighted by Gasteiger charge is -2.09. The van der Waals surface area contributed by atoms with Gasteiger partial charge in [0.15, 0.2) is 0 Å². The number of carboxylic acid groups (broad SMARTS) is 1. The Bertz CT molecular complexity index is 656. The van der Waals surface area contributed by atoms with Crippen LogP contribution in [0.1, 0.15) is 27.2 Å². The standard InChI is InChI=1S/C15H17N3O3/c1-10-3-11(2)5-12(4-10)6-17-14(19)8-18-9-16-7-13(18)15(20)21/h3-5,7,9H,6,8H2,1-2H3,(H,17,19)(H,20,21). The summed E-state index contributed by atoms with van der Waals surface area (Å²) in [6, 6.07) is 6.08. The first-order valence-corrected chi connectivity index (χ1v) is 6.53. The van der Waals surface area contributed by atoms with Gasteiger partial charge in [-0.05, 0) is 19.4 Å². The highest BCUT2D eigenvalue weighted by Crippen LogP contribution is 2.08. The number of aryl methyl sites for hydroxylation is 2. The molecule has 0 aliphatic heterocycles. The molecule has 0 saturated carbocycles. The zero-order valence-corrected chi connectivity index (χ0v) is 12.0. The Morgan fingerprint density at radius 2 is 1.90 bits per heavy atom. The third-order valence-corrected chi connectivity index (χ3v) is 3.02. The number of carbonyl (C=O) groups excluding carboxylic acids is 1. The van der Waals surface area contributed by atoms with E-state index in [-0.39, 0.29) is 18.1 Å². The van der Waals surface area contributed by atoms with E-state index >= 15 is 0 Å². The molecule has 0 fully saturated rings. The molecular formula is C15H17N3O3. The molecule has 6 nitrogen and oxygen atoms in total. The maximum atomic E-state index is 11.9. The summed E-state index contributed by atoms with van der Waals surface area (Å²) in [7, 11) is 0. The number of aromatic nitrogens is 2. The van der Waals surface area contributed by atoms with Gasteiger partial charge in [0.2, 0.25) is 5.91 Å². The van der Waals surface area contributed by atoms with Crippen LogP contribution in [-0.4, -0.2) is 26.5 Å². The minimum Gasteiger partial charge on any atom is -0.477 e. The second-order valence-electron chi connectivity index (χ2n) is 4.98. The van der Waals surface area contributed by atoms with E-state index in [2.05, 4.69) is 16.4 Å². The molecule has 6 heteroatoms. The van der Waals surface area contributed by atoms with E-state index in [1.165, 1.54) is 17.1 Å². The molecule has 21 heavy (non-hydrogen) atoms. The van der Waals surface area contributed by atoms with Gasteiger partial charge in [0.25, 0.3) is 0 Å². The SMILES string of the molecule is Cc1cc(C)cc(CNC(=O)Cn2cncc2C(=O)O)c1. The highest BCUT2D eigenvalue weighted by molar-refractivity contribution is 5.86. The largest absolute Gasteiger partial charge is 0.477 e. The van der Waals surface area contributed by atoms with Crippen LogP contribution in [0.15, 0.2) is 30.7 Å². The number of benzene rings is 1. The van der Waals surface area contributed by atoms with Crippen molar-refractivity contribution in [2.24, 2.45) is 0 Å². The van der Waals surface area contributed by atoms with Gasteiger partial charge in [0.05, 0.1) is 12.5 Å². The molecule has 0 aliphatic carbocycles. The first-order chi connectivity index (χ1) is 9.95. The van der Waals surface area contributed by atoms with Crippen LogP contribution in [0.25, 0.3) is 0 Å². The molecular weight excluding hydrogens is 270 g/mol. The normalized spacial score (nSPS) is 10.4. The Labute approximate surface area is 122 Å². The lowest BCUT2D eigenvalue weighted by atomic mass is 10.1. The number of nitrogens with one attached hydrogen (secondary N) is 1. The quantitative estimate of drug-likeness (QED) is 0.873. The zero-order chi connectivity index (χ0) is 15.4. The molecule has 0 aliphatic rings. The molecule has 2 rings (SSSR count). The Morgan fingerprint density at radius 3 is 2.52 bits per heavy atom. The number of carboxylic acids is 1. The molecule has 2 aromatic rings. The molecule has 0 bridgehead atoms. The van der Waals surface area contributed by atoms with Gasteiger partial charge >= 0.3 is 5.97 Å². The summed E-state index contributed by atoms with van der Waals surface area (Å²) in [5.74, 6) is -1.36. The molecule has 1 heterocycles. The second kappa shape index (κ2) is 6.21. The lowest BCUT2D eigenvalue weighted by molar-refractivity contribution is -0.121. The number of rotatable bonds is 5. The van der Waals surface area contributed by atoms with Crippen molar-refractivity contribution < 1.29 is 14.7 Å². The van der Waals surface area contributed by atoms with Gasteiger partial charge < -0.3 is 15.0 Å². The summed E-state index contributed by atoms with van der Waals surface area (Å²) in [5.41, 5.74) is 3.30. The monoisotopic (exact) mass is 287 g/mol. The highest BCUT2D eigenvalue weighted by atomic mass is 16.4. The van der Waals surface area contributed by atoms with Gasteiger partial charge in [-0.15, -0.1) is 0 Å². The van der Waals surface area contributed by atoms with Crippen molar-refractivity contribution in [3.63, 3.8) is 0 Å². The first kappa shape index (κ1) is 14.8. The van der Waals surface area contributed by atoms with Crippen molar-refractivity contribution in [2.75, 3.05) is 0 Å². The fraction of sp³-hybridized carbons (Fsp3) is 0.267. The summed E-state index contributed by atoms with van der Waals surface area (Å²) in [6.45, 7) is 4.36. The number of amides is 1. The van der Waals surface area contributed by atoms with Crippen molar-refractivity contribution >= 4 is 11.9 Å². The number of hydrogen-bond donors (Lipinski definition) is 2. The molecule has 110 valence electrons. The molecule has 2 N–H and O–H groups in total. The summed E-state index contributed by atoms with van der Waals surface area (Å²) in [5, 5.41) is 11.7. The fourth-order valence-corrected chi connectivity index (χ4v) is 2.21. The van der Waals surface area contributed by atoms with Crippen LogP contribution in [0.2, 0.25) is 0 Å². The first-order valence-electron chi connectivity index (χ1n) is 6.53. The van der Waals surface area contributed by atoms with Crippen molar-refractivity contribution in [1.82, 2.24) is 14.9 Å². The predicted molar refractivity (Wildman–Crippen MR) is 76.9 cm³/mol. The van der Waals surface area contributed by atoms with Gasteiger partial charge in [-0.25, -0.2) is 9.78 Å². The van der Waals surface area contributed by atoms with Crippen LogP contribution < -0.4 is 5.32 Å². The summed E-state index contributed by atoms with van der Waals surface area (Å²) in [4.78, 5) is 26.5. The van der Waals surface area contributed by atoms with Gasteiger partial charge in [-0.2, -0.15) is 0 Å². The van der Waals surface area contributed by atoms with Crippen LogP contribution in [0.3, 0.4) is 0 Å². The van der Waals surface area contributed by atoms with Crippen molar-refractivity contribution in [3.05, 3.63) is 53.1 Å². The van der Waals surface area contributed by atoms with Crippen LogP contribution >= 0.6 is 0 Å². The van der Waals surface area contributed by atoms with E-state index < -0.39 is 5.97 Å².